The number of hydrogen-bond acceptors (Lipinski definition) is 2. The molecule has 2 heterocycles. The largest absolute Gasteiger partial charge is 0.482 e. The van der Waals surface area contributed by atoms with Crippen LogP contribution in [0.15, 0.2) is 30.3 Å². The quantitative estimate of drug-likeness (QED) is 0.765. The highest BCUT2D eigenvalue weighted by Crippen LogP contribution is 2.39. The van der Waals surface area contributed by atoms with E-state index in [1.54, 1.807) is 0 Å². The van der Waals surface area contributed by atoms with Crippen LogP contribution in [0.5, 0.6) is 5.75 Å². The minimum absolute atomic E-state index is 0. The number of hydrogen-bond donors (Lipinski definition) is 1. The molecule has 0 aliphatic carbocycles. The molecule has 17 heavy (non-hydrogen) atoms. The molecule has 1 N–H and O–H groups in total. The van der Waals surface area contributed by atoms with Crippen molar-refractivity contribution in [2.75, 3.05) is 13.1 Å². The van der Waals surface area contributed by atoms with Crippen LogP contribution < -0.4 is 10.1 Å². The monoisotopic (exact) mass is 251 g/mol. The Morgan fingerprint density at radius 1 is 1.18 bits per heavy atom. The van der Waals surface area contributed by atoms with Crippen molar-refractivity contribution in [2.24, 2.45) is 0 Å². The zero-order chi connectivity index (χ0) is 11.0. The number of rotatable bonds is 0. The lowest BCUT2D eigenvalue weighted by Crippen LogP contribution is -2.46. The number of ether oxygens (including phenoxy) is 1. The maximum absolute atomic E-state index is 6.21. The van der Waals surface area contributed by atoms with Crippen molar-refractivity contribution in [1.82, 2.24) is 5.32 Å². The summed E-state index contributed by atoms with van der Waals surface area (Å²) in [6.07, 6.45) is 4.45. The van der Waals surface area contributed by atoms with Crippen LogP contribution in [0.3, 0.4) is 0 Å². The Morgan fingerprint density at radius 2 is 1.88 bits per heavy atom. The van der Waals surface area contributed by atoms with Crippen LogP contribution in [0.2, 0.25) is 0 Å². The van der Waals surface area contributed by atoms with Crippen molar-refractivity contribution in [2.45, 2.75) is 25.4 Å². The van der Waals surface area contributed by atoms with E-state index in [1.807, 2.05) is 6.07 Å². The van der Waals surface area contributed by atoms with Crippen LogP contribution in [0.4, 0.5) is 0 Å². The average Bonchev–Trinajstić information content (AvgIpc) is 2.30. The highest BCUT2D eigenvalue weighted by molar-refractivity contribution is 5.85. The van der Waals surface area contributed by atoms with Gasteiger partial charge in [-0.3, -0.25) is 0 Å². The van der Waals surface area contributed by atoms with Gasteiger partial charge in [-0.2, -0.15) is 0 Å². The van der Waals surface area contributed by atoms with Gasteiger partial charge in [-0.05, 0) is 37.7 Å². The summed E-state index contributed by atoms with van der Waals surface area (Å²) in [6.45, 7) is 4.28. The molecular weight excluding hydrogens is 234 g/mol. The third-order valence-corrected chi connectivity index (χ3v) is 3.55. The summed E-state index contributed by atoms with van der Waals surface area (Å²) in [5, 5.41) is 3.39. The Hall–Kier alpha value is -0.990. The first kappa shape index (κ1) is 12.5. The van der Waals surface area contributed by atoms with Gasteiger partial charge in [-0.25, -0.2) is 0 Å². The standard InChI is InChI=1S/C14H17NO.ClH/c1-11-10-14(6-8-15-9-7-14)16-13-5-3-2-4-12(11)13;/h2-5,10,15H,6-9H2,1H3;1H. The number of halogens is 1. The zero-order valence-electron chi connectivity index (χ0n) is 10.0. The van der Waals surface area contributed by atoms with E-state index < -0.39 is 0 Å². The summed E-state index contributed by atoms with van der Waals surface area (Å²) < 4.78 is 6.21. The molecule has 3 rings (SSSR count). The third-order valence-electron chi connectivity index (χ3n) is 3.55. The first-order valence-electron chi connectivity index (χ1n) is 5.98. The molecule has 0 unspecified atom stereocenters. The Morgan fingerprint density at radius 3 is 2.65 bits per heavy atom. The van der Waals surface area contributed by atoms with E-state index in [9.17, 15) is 0 Å². The fraction of sp³-hybridized carbons (Fsp3) is 0.429. The van der Waals surface area contributed by atoms with Gasteiger partial charge in [0.15, 0.2) is 0 Å². The van der Waals surface area contributed by atoms with Crippen molar-refractivity contribution >= 4 is 18.0 Å². The molecule has 3 heteroatoms. The lowest BCUT2D eigenvalue weighted by molar-refractivity contribution is 0.0815. The van der Waals surface area contributed by atoms with Gasteiger partial charge in [0.1, 0.15) is 11.4 Å². The molecule has 1 saturated heterocycles. The number of piperidine rings is 1. The smallest absolute Gasteiger partial charge is 0.130 e. The molecule has 1 spiro atoms. The first-order chi connectivity index (χ1) is 7.79. The van der Waals surface area contributed by atoms with Crippen molar-refractivity contribution in [3.63, 3.8) is 0 Å². The van der Waals surface area contributed by atoms with Crippen LogP contribution >= 0.6 is 12.4 Å². The summed E-state index contributed by atoms with van der Waals surface area (Å²) >= 11 is 0. The highest BCUT2D eigenvalue weighted by Gasteiger charge is 2.35. The maximum Gasteiger partial charge on any atom is 0.130 e. The second-order valence-corrected chi connectivity index (χ2v) is 4.74. The number of para-hydroxylation sites is 1. The van der Waals surface area contributed by atoms with E-state index in [0.717, 1.165) is 31.7 Å². The van der Waals surface area contributed by atoms with Crippen LogP contribution in [0.1, 0.15) is 25.3 Å². The van der Waals surface area contributed by atoms with Gasteiger partial charge in [0.2, 0.25) is 0 Å². The minimum atomic E-state index is -0.0519. The van der Waals surface area contributed by atoms with Crippen molar-refractivity contribution < 1.29 is 4.74 Å². The fourth-order valence-electron chi connectivity index (χ4n) is 2.70. The molecule has 0 bridgehead atoms. The molecule has 0 atom stereocenters. The maximum atomic E-state index is 6.21. The van der Waals surface area contributed by atoms with Crippen LogP contribution in [-0.4, -0.2) is 18.7 Å². The molecule has 1 fully saturated rings. The average molecular weight is 252 g/mol. The van der Waals surface area contributed by atoms with Crippen molar-refractivity contribution in [1.29, 1.82) is 0 Å². The number of allylic oxidation sites excluding steroid dienone is 1. The van der Waals surface area contributed by atoms with E-state index in [-0.39, 0.29) is 18.0 Å². The Labute approximate surface area is 108 Å². The molecule has 2 aliphatic rings. The normalized spacial score (nSPS) is 20.9. The lowest BCUT2D eigenvalue weighted by atomic mass is 9.86. The second kappa shape index (κ2) is 4.71. The molecule has 0 aromatic heterocycles. The van der Waals surface area contributed by atoms with Crippen LogP contribution in [0, 0.1) is 0 Å². The van der Waals surface area contributed by atoms with Gasteiger partial charge < -0.3 is 10.1 Å². The van der Waals surface area contributed by atoms with E-state index in [4.69, 9.17) is 4.74 Å². The molecule has 2 nitrogen and oxygen atoms in total. The first-order valence-corrected chi connectivity index (χ1v) is 5.98. The van der Waals surface area contributed by atoms with E-state index >= 15 is 0 Å². The molecule has 2 aliphatic heterocycles. The summed E-state index contributed by atoms with van der Waals surface area (Å²) in [6, 6.07) is 8.33. The Balaban J connectivity index is 0.00000108. The Kier molecular flexibility index (Phi) is 3.45. The predicted molar refractivity (Wildman–Crippen MR) is 72.8 cm³/mol. The number of fused-ring (bicyclic) bond motifs is 1. The van der Waals surface area contributed by atoms with E-state index in [2.05, 4.69) is 36.5 Å². The lowest BCUT2D eigenvalue weighted by Gasteiger charge is -2.39. The van der Waals surface area contributed by atoms with Gasteiger partial charge >= 0.3 is 0 Å². The SMILES string of the molecule is CC1=CC2(CCNCC2)Oc2ccccc21.Cl. The predicted octanol–water partition coefficient (Wildman–Crippen LogP) is 3.03. The highest BCUT2D eigenvalue weighted by atomic mass is 35.5. The summed E-state index contributed by atoms with van der Waals surface area (Å²) in [4.78, 5) is 0. The minimum Gasteiger partial charge on any atom is -0.482 e. The molecule has 1 aromatic rings. The summed E-state index contributed by atoms with van der Waals surface area (Å²) in [5.41, 5.74) is 2.54. The topological polar surface area (TPSA) is 21.3 Å². The van der Waals surface area contributed by atoms with Gasteiger partial charge in [0, 0.05) is 18.4 Å². The molecule has 1 aromatic carbocycles. The van der Waals surface area contributed by atoms with Gasteiger partial charge in [-0.15, -0.1) is 12.4 Å². The van der Waals surface area contributed by atoms with Crippen LogP contribution in [0.25, 0.3) is 5.57 Å². The molecule has 92 valence electrons. The van der Waals surface area contributed by atoms with Gasteiger partial charge in [0.05, 0.1) is 0 Å². The van der Waals surface area contributed by atoms with Crippen molar-refractivity contribution in [3.05, 3.63) is 35.9 Å². The van der Waals surface area contributed by atoms with Gasteiger partial charge in [-0.1, -0.05) is 18.2 Å². The number of benzene rings is 1. The number of nitrogens with one attached hydrogen (secondary N) is 1. The van der Waals surface area contributed by atoms with Crippen molar-refractivity contribution in [3.8, 4) is 5.75 Å². The summed E-state index contributed by atoms with van der Waals surface area (Å²) in [7, 11) is 0. The second-order valence-electron chi connectivity index (χ2n) is 4.74. The zero-order valence-corrected chi connectivity index (χ0v) is 10.8. The summed E-state index contributed by atoms with van der Waals surface area (Å²) in [5.74, 6) is 1.05. The Bertz CT molecular complexity index is 436. The molecule has 0 amide bonds. The molecule has 0 radical (unpaired) electrons. The van der Waals surface area contributed by atoms with Crippen LogP contribution in [-0.2, 0) is 0 Å². The van der Waals surface area contributed by atoms with E-state index in [1.165, 1.54) is 11.1 Å². The van der Waals surface area contributed by atoms with Gasteiger partial charge in [0.25, 0.3) is 0 Å². The third kappa shape index (κ3) is 2.20. The fourth-order valence-corrected chi connectivity index (χ4v) is 2.70. The van der Waals surface area contributed by atoms with E-state index in [0.29, 0.717) is 0 Å². The molecule has 0 saturated carbocycles. The molecular formula is C14H18ClNO.